The average Bonchev–Trinajstić information content (AvgIpc) is 2.36. The Labute approximate surface area is 121 Å². The molecule has 0 N–H and O–H groups in total. The summed E-state index contributed by atoms with van der Waals surface area (Å²) in [5, 5.41) is 1.07. The Hall–Kier alpha value is -1.51. The summed E-state index contributed by atoms with van der Waals surface area (Å²) in [5.41, 5.74) is 1.47. The number of carbonyl (C=O) groups excluding carboxylic acids is 1. The summed E-state index contributed by atoms with van der Waals surface area (Å²) >= 11 is 11.9. The molecular weight excluding hydrogens is 283 g/mol. The van der Waals surface area contributed by atoms with E-state index in [4.69, 9.17) is 27.9 Å². The van der Waals surface area contributed by atoms with Crippen LogP contribution in [0.1, 0.15) is 22.8 Å². The van der Waals surface area contributed by atoms with Crippen LogP contribution in [0.5, 0.6) is 5.75 Å². The fraction of sp³-hybridized carbons (Fsp3) is 0.133. The maximum atomic E-state index is 11.3. The SMILES string of the molecule is CC(=O)c1ccc(OCc2cccc(Cl)c2)cc1Cl. The topological polar surface area (TPSA) is 26.3 Å². The number of rotatable bonds is 4. The summed E-state index contributed by atoms with van der Waals surface area (Å²) in [6.07, 6.45) is 0. The molecule has 0 aliphatic carbocycles. The number of ketones is 1. The van der Waals surface area contributed by atoms with E-state index in [-0.39, 0.29) is 5.78 Å². The van der Waals surface area contributed by atoms with Crippen molar-refractivity contribution < 1.29 is 9.53 Å². The number of benzene rings is 2. The highest BCUT2D eigenvalue weighted by Crippen LogP contribution is 2.24. The molecule has 0 unspecified atom stereocenters. The van der Waals surface area contributed by atoms with E-state index in [1.165, 1.54) is 6.92 Å². The standard InChI is InChI=1S/C15H12Cl2O2/c1-10(18)14-6-5-13(8-15(14)17)19-9-11-3-2-4-12(16)7-11/h2-8H,9H2,1H3. The Kier molecular flexibility index (Phi) is 4.46. The van der Waals surface area contributed by atoms with E-state index in [1.54, 1.807) is 18.2 Å². The summed E-state index contributed by atoms with van der Waals surface area (Å²) in [6.45, 7) is 1.88. The lowest BCUT2D eigenvalue weighted by atomic mass is 10.1. The van der Waals surface area contributed by atoms with Crippen molar-refractivity contribution >= 4 is 29.0 Å². The van der Waals surface area contributed by atoms with Gasteiger partial charge in [0, 0.05) is 10.6 Å². The van der Waals surface area contributed by atoms with Crippen molar-refractivity contribution in [1.82, 2.24) is 0 Å². The fourth-order valence-electron chi connectivity index (χ4n) is 1.66. The molecule has 2 nitrogen and oxygen atoms in total. The second-order valence-corrected chi connectivity index (χ2v) is 4.96. The van der Waals surface area contributed by atoms with Crippen molar-refractivity contribution in [2.75, 3.05) is 0 Å². The number of Topliss-reactive ketones (excluding diaryl/α,β-unsaturated/α-hetero) is 1. The lowest BCUT2D eigenvalue weighted by molar-refractivity contribution is 0.101. The van der Waals surface area contributed by atoms with Crippen molar-refractivity contribution in [3.8, 4) is 5.75 Å². The lowest BCUT2D eigenvalue weighted by Crippen LogP contribution is -1.97. The van der Waals surface area contributed by atoms with Crippen molar-refractivity contribution in [3.05, 3.63) is 63.6 Å². The quantitative estimate of drug-likeness (QED) is 0.759. The Morgan fingerprint density at radius 1 is 1.16 bits per heavy atom. The predicted octanol–water partition coefficient (Wildman–Crippen LogP) is 4.78. The van der Waals surface area contributed by atoms with Crippen LogP contribution in [0.3, 0.4) is 0 Å². The molecule has 4 heteroatoms. The third-order valence-corrected chi connectivity index (χ3v) is 3.16. The molecule has 2 aromatic carbocycles. The normalized spacial score (nSPS) is 10.3. The molecule has 0 radical (unpaired) electrons. The predicted molar refractivity (Wildman–Crippen MR) is 77.2 cm³/mol. The molecule has 0 aliphatic heterocycles. The van der Waals surface area contributed by atoms with Crippen LogP contribution < -0.4 is 4.74 Å². The maximum Gasteiger partial charge on any atom is 0.161 e. The van der Waals surface area contributed by atoms with Gasteiger partial charge in [0.05, 0.1) is 5.02 Å². The van der Waals surface area contributed by atoms with Gasteiger partial charge in [-0.15, -0.1) is 0 Å². The van der Waals surface area contributed by atoms with Crippen molar-refractivity contribution in [1.29, 1.82) is 0 Å². The van der Waals surface area contributed by atoms with Crippen LogP contribution in [0.15, 0.2) is 42.5 Å². The molecule has 2 aromatic rings. The van der Waals surface area contributed by atoms with Crippen LogP contribution in [0.25, 0.3) is 0 Å². The van der Waals surface area contributed by atoms with Gasteiger partial charge < -0.3 is 4.74 Å². The maximum absolute atomic E-state index is 11.3. The van der Waals surface area contributed by atoms with Crippen LogP contribution in [0.4, 0.5) is 0 Å². The minimum absolute atomic E-state index is 0.0635. The molecule has 0 saturated heterocycles. The van der Waals surface area contributed by atoms with Crippen molar-refractivity contribution in [2.24, 2.45) is 0 Å². The Morgan fingerprint density at radius 2 is 1.95 bits per heavy atom. The monoisotopic (exact) mass is 294 g/mol. The van der Waals surface area contributed by atoms with Gasteiger partial charge in [0.15, 0.2) is 5.78 Å². The van der Waals surface area contributed by atoms with E-state index in [0.717, 1.165) is 5.56 Å². The summed E-state index contributed by atoms with van der Waals surface area (Å²) in [7, 11) is 0. The molecule has 0 atom stereocenters. The van der Waals surface area contributed by atoms with E-state index >= 15 is 0 Å². The third kappa shape index (κ3) is 3.72. The van der Waals surface area contributed by atoms with Crippen LogP contribution in [0, 0.1) is 0 Å². The molecule has 98 valence electrons. The van der Waals surface area contributed by atoms with E-state index in [2.05, 4.69) is 0 Å². The van der Waals surface area contributed by atoms with Gasteiger partial charge in [-0.1, -0.05) is 35.3 Å². The molecule has 2 rings (SSSR count). The van der Waals surface area contributed by atoms with Crippen molar-refractivity contribution in [2.45, 2.75) is 13.5 Å². The highest BCUT2D eigenvalue weighted by Gasteiger charge is 2.06. The summed E-state index contributed by atoms with van der Waals surface area (Å²) < 4.78 is 5.61. The van der Waals surface area contributed by atoms with Gasteiger partial charge in [-0.05, 0) is 42.8 Å². The van der Waals surface area contributed by atoms with Gasteiger partial charge in [-0.2, -0.15) is 0 Å². The number of hydrogen-bond acceptors (Lipinski definition) is 2. The van der Waals surface area contributed by atoms with Gasteiger partial charge in [0.1, 0.15) is 12.4 Å². The van der Waals surface area contributed by atoms with Crippen LogP contribution in [0.2, 0.25) is 10.0 Å². The van der Waals surface area contributed by atoms with Crippen molar-refractivity contribution in [3.63, 3.8) is 0 Å². The van der Waals surface area contributed by atoms with Gasteiger partial charge in [0.25, 0.3) is 0 Å². The molecule has 0 heterocycles. The zero-order valence-corrected chi connectivity index (χ0v) is 11.8. The third-order valence-electron chi connectivity index (χ3n) is 2.61. The van der Waals surface area contributed by atoms with Crippen LogP contribution in [-0.2, 0) is 6.61 Å². The zero-order chi connectivity index (χ0) is 13.8. The first-order valence-electron chi connectivity index (χ1n) is 5.74. The summed E-state index contributed by atoms with van der Waals surface area (Å²) in [5.74, 6) is 0.557. The number of ether oxygens (including phenoxy) is 1. The van der Waals surface area contributed by atoms with Gasteiger partial charge in [-0.3, -0.25) is 4.79 Å². The molecule has 0 saturated carbocycles. The first-order valence-corrected chi connectivity index (χ1v) is 6.49. The highest BCUT2D eigenvalue weighted by molar-refractivity contribution is 6.34. The molecule has 0 bridgehead atoms. The Balaban J connectivity index is 2.08. The molecule has 0 fully saturated rings. The number of carbonyl (C=O) groups is 1. The fourth-order valence-corrected chi connectivity index (χ4v) is 2.18. The largest absolute Gasteiger partial charge is 0.489 e. The molecular formula is C15H12Cl2O2. The van der Waals surface area contributed by atoms with Crippen LogP contribution in [-0.4, -0.2) is 5.78 Å². The lowest BCUT2D eigenvalue weighted by Gasteiger charge is -2.08. The van der Waals surface area contributed by atoms with E-state index in [9.17, 15) is 4.79 Å². The second kappa shape index (κ2) is 6.09. The molecule has 19 heavy (non-hydrogen) atoms. The minimum Gasteiger partial charge on any atom is -0.489 e. The van der Waals surface area contributed by atoms with E-state index in [1.807, 2.05) is 24.3 Å². The van der Waals surface area contributed by atoms with E-state index < -0.39 is 0 Å². The average molecular weight is 295 g/mol. The minimum atomic E-state index is -0.0635. The first-order chi connectivity index (χ1) is 9.06. The first kappa shape index (κ1) is 13.9. The molecule has 0 amide bonds. The molecule has 0 spiro atoms. The summed E-state index contributed by atoms with van der Waals surface area (Å²) in [6, 6.07) is 12.5. The van der Waals surface area contributed by atoms with Gasteiger partial charge in [0.2, 0.25) is 0 Å². The molecule has 0 aromatic heterocycles. The van der Waals surface area contributed by atoms with Crippen LogP contribution >= 0.6 is 23.2 Å². The number of halogens is 2. The highest BCUT2D eigenvalue weighted by atomic mass is 35.5. The van der Waals surface area contributed by atoms with Gasteiger partial charge in [-0.25, -0.2) is 0 Å². The summed E-state index contributed by atoms with van der Waals surface area (Å²) in [4.78, 5) is 11.3. The number of hydrogen-bond donors (Lipinski definition) is 0. The van der Waals surface area contributed by atoms with Gasteiger partial charge >= 0.3 is 0 Å². The molecule has 0 aliphatic rings. The Bertz CT molecular complexity index is 609. The Morgan fingerprint density at radius 3 is 2.58 bits per heavy atom. The van der Waals surface area contributed by atoms with E-state index in [0.29, 0.717) is 28.0 Å². The zero-order valence-electron chi connectivity index (χ0n) is 10.3. The second-order valence-electron chi connectivity index (χ2n) is 4.12. The smallest absolute Gasteiger partial charge is 0.161 e.